The minimum atomic E-state index is -0.944. The molecule has 0 saturated heterocycles. The first-order valence-electron chi connectivity index (χ1n) is 6.15. The largest absolute Gasteiger partial charge is 0.486 e. The second-order valence-electron chi connectivity index (χ2n) is 5.61. The van der Waals surface area contributed by atoms with Crippen molar-refractivity contribution in [2.24, 2.45) is 0 Å². The third kappa shape index (κ3) is 2.28. The van der Waals surface area contributed by atoms with E-state index in [0.29, 0.717) is 11.8 Å². The molecule has 0 aromatic heterocycles. The predicted octanol–water partition coefficient (Wildman–Crippen LogP) is 2.92. The summed E-state index contributed by atoms with van der Waals surface area (Å²) in [7, 11) is 0. The van der Waals surface area contributed by atoms with Crippen molar-refractivity contribution in [3.63, 3.8) is 0 Å². The molecule has 0 atom stereocenters. The summed E-state index contributed by atoms with van der Waals surface area (Å²) in [5, 5.41) is 12.5. The van der Waals surface area contributed by atoms with E-state index in [1.807, 2.05) is 19.9 Å². The molecular weight excluding hydrogens is 230 g/mol. The maximum Gasteiger partial charge on any atom is 0.339 e. The van der Waals surface area contributed by atoms with Crippen LogP contribution in [0.5, 0.6) is 5.75 Å². The summed E-state index contributed by atoms with van der Waals surface area (Å²) >= 11 is 0. The van der Waals surface area contributed by atoms with E-state index >= 15 is 0 Å². The molecule has 1 aromatic rings. The van der Waals surface area contributed by atoms with Gasteiger partial charge in [0.2, 0.25) is 0 Å². The lowest BCUT2D eigenvalue weighted by atomic mass is 9.98. The van der Waals surface area contributed by atoms with Crippen molar-refractivity contribution in [3.05, 3.63) is 23.3 Å². The molecule has 2 N–H and O–H groups in total. The number of fused-ring (bicyclic) bond motifs is 1. The first-order chi connectivity index (χ1) is 8.30. The third-order valence-electron chi connectivity index (χ3n) is 2.92. The zero-order valence-electron chi connectivity index (χ0n) is 11.2. The van der Waals surface area contributed by atoms with Crippen LogP contribution >= 0.6 is 0 Å². The molecule has 0 fully saturated rings. The molecular formula is C14H19NO3. The summed E-state index contributed by atoms with van der Waals surface area (Å²) in [4.78, 5) is 11.2. The van der Waals surface area contributed by atoms with Gasteiger partial charge in [-0.15, -0.1) is 0 Å². The normalized spacial score (nSPS) is 16.3. The van der Waals surface area contributed by atoms with Crippen molar-refractivity contribution < 1.29 is 14.6 Å². The Kier molecular flexibility index (Phi) is 2.97. The second-order valence-corrected chi connectivity index (χ2v) is 5.61. The third-order valence-corrected chi connectivity index (χ3v) is 2.92. The SMILES string of the molecule is CC(C)Nc1ccc(C(=O)O)c2c1CC(C)(C)O2. The summed E-state index contributed by atoms with van der Waals surface area (Å²) in [6.07, 6.45) is 0.721. The highest BCUT2D eigenvalue weighted by molar-refractivity contribution is 5.93. The summed E-state index contributed by atoms with van der Waals surface area (Å²) in [6.45, 7) is 8.05. The van der Waals surface area contributed by atoms with Crippen molar-refractivity contribution in [1.29, 1.82) is 0 Å². The van der Waals surface area contributed by atoms with Crippen LogP contribution in [-0.2, 0) is 6.42 Å². The fourth-order valence-corrected chi connectivity index (χ4v) is 2.27. The van der Waals surface area contributed by atoms with Gasteiger partial charge in [0.25, 0.3) is 0 Å². The lowest BCUT2D eigenvalue weighted by Crippen LogP contribution is -2.25. The van der Waals surface area contributed by atoms with E-state index in [0.717, 1.165) is 17.7 Å². The molecule has 0 bridgehead atoms. The molecule has 1 aromatic carbocycles. The first-order valence-corrected chi connectivity index (χ1v) is 6.15. The number of anilines is 1. The minimum Gasteiger partial charge on any atom is -0.486 e. The van der Waals surface area contributed by atoms with Crippen LogP contribution in [0.1, 0.15) is 43.6 Å². The number of aromatic carboxylic acids is 1. The molecule has 0 saturated carbocycles. The Morgan fingerprint density at radius 3 is 2.67 bits per heavy atom. The number of carboxylic acid groups (broad SMARTS) is 1. The van der Waals surface area contributed by atoms with Crippen molar-refractivity contribution in [2.75, 3.05) is 5.32 Å². The average Bonchev–Trinajstić information content (AvgIpc) is 2.52. The maximum atomic E-state index is 11.2. The molecule has 1 aliphatic rings. The summed E-state index contributed by atoms with van der Waals surface area (Å²) < 4.78 is 5.79. The maximum absolute atomic E-state index is 11.2. The van der Waals surface area contributed by atoms with E-state index in [-0.39, 0.29) is 11.2 Å². The van der Waals surface area contributed by atoms with Gasteiger partial charge in [-0.05, 0) is 39.8 Å². The van der Waals surface area contributed by atoms with Gasteiger partial charge in [0.05, 0.1) is 0 Å². The Bertz CT molecular complexity index is 492. The van der Waals surface area contributed by atoms with E-state index in [4.69, 9.17) is 4.74 Å². The van der Waals surface area contributed by atoms with Crippen LogP contribution in [0.4, 0.5) is 5.69 Å². The topological polar surface area (TPSA) is 58.6 Å². The highest BCUT2D eigenvalue weighted by Gasteiger charge is 2.35. The average molecular weight is 249 g/mol. The number of carboxylic acids is 1. The quantitative estimate of drug-likeness (QED) is 0.864. The lowest BCUT2D eigenvalue weighted by Gasteiger charge is -2.17. The Balaban J connectivity index is 2.51. The van der Waals surface area contributed by atoms with E-state index < -0.39 is 5.97 Å². The number of carbonyl (C=O) groups is 1. The molecule has 0 unspecified atom stereocenters. The van der Waals surface area contributed by atoms with Gasteiger partial charge in [0.15, 0.2) is 0 Å². The predicted molar refractivity (Wildman–Crippen MR) is 70.6 cm³/mol. The van der Waals surface area contributed by atoms with Crippen molar-refractivity contribution in [2.45, 2.75) is 45.8 Å². The van der Waals surface area contributed by atoms with E-state index in [1.54, 1.807) is 6.07 Å². The van der Waals surface area contributed by atoms with Crippen LogP contribution in [0, 0.1) is 0 Å². The minimum absolute atomic E-state index is 0.241. The van der Waals surface area contributed by atoms with Gasteiger partial charge in [-0.2, -0.15) is 0 Å². The Morgan fingerprint density at radius 2 is 2.11 bits per heavy atom. The van der Waals surface area contributed by atoms with Crippen LogP contribution in [0.3, 0.4) is 0 Å². The molecule has 0 aliphatic carbocycles. The van der Waals surface area contributed by atoms with Crippen molar-refractivity contribution in [1.82, 2.24) is 0 Å². The zero-order valence-corrected chi connectivity index (χ0v) is 11.2. The fraction of sp³-hybridized carbons (Fsp3) is 0.500. The fourth-order valence-electron chi connectivity index (χ4n) is 2.27. The molecule has 2 rings (SSSR count). The molecule has 98 valence electrons. The highest BCUT2D eigenvalue weighted by atomic mass is 16.5. The number of rotatable bonds is 3. The number of hydrogen-bond acceptors (Lipinski definition) is 3. The summed E-state index contributed by atoms with van der Waals surface area (Å²) in [5.41, 5.74) is 1.83. The molecule has 0 amide bonds. The number of nitrogens with one attached hydrogen (secondary N) is 1. The smallest absolute Gasteiger partial charge is 0.339 e. The number of ether oxygens (including phenoxy) is 1. The van der Waals surface area contributed by atoms with Crippen molar-refractivity contribution in [3.8, 4) is 5.75 Å². The molecule has 0 spiro atoms. The number of hydrogen-bond donors (Lipinski definition) is 2. The number of benzene rings is 1. The molecule has 4 heteroatoms. The van der Waals surface area contributed by atoms with Gasteiger partial charge in [-0.25, -0.2) is 4.79 Å². The molecule has 18 heavy (non-hydrogen) atoms. The van der Waals surface area contributed by atoms with Crippen LogP contribution < -0.4 is 10.1 Å². The lowest BCUT2D eigenvalue weighted by molar-refractivity contribution is 0.0685. The van der Waals surface area contributed by atoms with Crippen LogP contribution in [0.15, 0.2) is 12.1 Å². The van der Waals surface area contributed by atoms with Crippen LogP contribution in [0.2, 0.25) is 0 Å². The summed E-state index contributed by atoms with van der Waals surface area (Å²) in [6, 6.07) is 3.73. The Morgan fingerprint density at radius 1 is 1.44 bits per heavy atom. The van der Waals surface area contributed by atoms with E-state index in [2.05, 4.69) is 19.2 Å². The van der Waals surface area contributed by atoms with Gasteiger partial charge in [-0.1, -0.05) is 0 Å². The molecule has 0 radical (unpaired) electrons. The Labute approximate surface area is 107 Å². The van der Waals surface area contributed by atoms with Crippen LogP contribution in [-0.4, -0.2) is 22.7 Å². The van der Waals surface area contributed by atoms with E-state index in [1.165, 1.54) is 0 Å². The van der Waals surface area contributed by atoms with Gasteiger partial charge in [0.1, 0.15) is 16.9 Å². The molecule has 1 heterocycles. The van der Waals surface area contributed by atoms with Gasteiger partial charge in [-0.3, -0.25) is 0 Å². The highest BCUT2D eigenvalue weighted by Crippen LogP contribution is 2.42. The summed E-state index contributed by atoms with van der Waals surface area (Å²) in [5.74, 6) is -0.432. The van der Waals surface area contributed by atoms with Gasteiger partial charge in [0, 0.05) is 23.7 Å². The van der Waals surface area contributed by atoms with Crippen molar-refractivity contribution >= 4 is 11.7 Å². The first kappa shape index (κ1) is 12.7. The molecule has 4 nitrogen and oxygen atoms in total. The van der Waals surface area contributed by atoms with E-state index in [9.17, 15) is 9.90 Å². The second kappa shape index (κ2) is 4.19. The van der Waals surface area contributed by atoms with Gasteiger partial charge >= 0.3 is 5.97 Å². The van der Waals surface area contributed by atoms with Gasteiger partial charge < -0.3 is 15.2 Å². The zero-order chi connectivity index (χ0) is 13.5. The Hall–Kier alpha value is -1.71. The standard InChI is InChI=1S/C14H19NO3/c1-8(2)15-11-6-5-9(13(16)17)12-10(11)7-14(3,4)18-12/h5-6,8,15H,7H2,1-4H3,(H,16,17). The monoisotopic (exact) mass is 249 g/mol. The van der Waals surface area contributed by atoms with Crippen LogP contribution in [0.25, 0.3) is 0 Å². The molecule has 1 aliphatic heterocycles.